The Morgan fingerprint density at radius 2 is 1.30 bits per heavy atom. The molecule has 0 saturated carbocycles. The second kappa shape index (κ2) is 10.1. The highest BCUT2D eigenvalue weighted by Gasteiger charge is 2.14. The van der Waals surface area contributed by atoms with Gasteiger partial charge in [-0.25, -0.2) is 0 Å². The first-order valence-electron chi connectivity index (χ1n) is 9.06. The minimum absolute atomic E-state index is 0.198. The van der Waals surface area contributed by atoms with Crippen molar-refractivity contribution in [2.75, 3.05) is 13.2 Å². The van der Waals surface area contributed by atoms with Gasteiger partial charge in [-0.2, -0.15) is 0 Å². The van der Waals surface area contributed by atoms with Gasteiger partial charge in [0.1, 0.15) is 18.5 Å². The summed E-state index contributed by atoms with van der Waals surface area (Å²) in [6.45, 7) is 2.23. The molecule has 140 valence electrons. The highest BCUT2D eigenvalue weighted by molar-refractivity contribution is 6.32. The number of aliphatic hydroxyl groups excluding tert-OH is 1. The van der Waals surface area contributed by atoms with Crippen LogP contribution in [0.3, 0.4) is 0 Å². The molecular formula is C23H24ClNO2. The zero-order chi connectivity index (χ0) is 18.9. The third kappa shape index (κ3) is 6.40. The number of nitrogens with zero attached hydrogens (tertiary/aromatic N) is 1. The average molecular weight is 382 g/mol. The van der Waals surface area contributed by atoms with E-state index in [2.05, 4.69) is 29.2 Å². The van der Waals surface area contributed by atoms with Crippen LogP contribution in [0, 0.1) is 0 Å². The Bertz CT molecular complexity index is 769. The van der Waals surface area contributed by atoms with Crippen LogP contribution in [0.25, 0.3) is 0 Å². The van der Waals surface area contributed by atoms with Crippen molar-refractivity contribution >= 4 is 11.6 Å². The summed E-state index contributed by atoms with van der Waals surface area (Å²) in [5.41, 5.74) is 2.43. The monoisotopic (exact) mass is 381 g/mol. The smallest absolute Gasteiger partial charge is 0.138 e. The normalized spacial score (nSPS) is 12.1. The van der Waals surface area contributed by atoms with Crippen molar-refractivity contribution in [3.05, 3.63) is 101 Å². The molecular weight excluding hydrogens is 358 g/mol. The molecule has 0 aromatic heterocycles. The van der Waals surface area contributed by atoms with Crippen LogP contribution in [0.1, 0.15) is 11.1 Å². The Labute approximate surface area is 165 Å². The van der Waals surface area contributed by atoms with Gasteiger partial charge in [0.15, 0.2) is 0 Å². The number of aliphatic hydroxyl groups is 1. The topological polar surface area (TPSA) is 32.7 Å². The molecule has 0 aliphatic heterocycles. The van der Waals surface area contributed by atoms with E-state index in [9.17, 15) is 5.11 Å². The van der Waals surface area contributed by atoms with Gasteiger partial charge >= 0.3 is 0 Å². The Morgan fingerprint density at radius 1 is 0.778 bits per heavy atom. The van der Waals surface area contributed by atoms with Crippen molar-refractivity contribution in [1.29, 1.82) is 0 Å². The molecule has 0 aliphatic carbocycles. The van der Waals surface area contributed by atoms with Crippen LogP contribution in [0.2, 0.25) is 5.02 Å². The summed E-state index contributed by atoms with van der Waals surface area (Å²) in [6.07, 6.45) is -0.617. The molecule has 3 nitrogen and oxygen atoms in total. The predicted octanol–water partition coefficient (Wildman–Crippen LogP) is 4.78. The van der Waals surface area contributed by atoms with Gasteiger partial charge in [0.2, 0.25) is 0 Å². The van der Waals surface area contributed by atoms with Crippen molar-refractivity contribution in [3.8, 4) is 5.75 Å². The van der Waals surface area contributed by atoms with Crippen molar-refractivity contribution in [1.82, 2.24) is 4.90 Å². The van der Waals surface area contributed by atoms with Crippen molar-refractivity contribution in [2.45, 2.75) is 19.2 Å². The third-order valence-electron chi connectivity index (χ3n) is 4.23. The number of hydrogen-bond donors (Lipinski definition) is 1. The predicted molar refractivity (Wildman–Crippen MR) is 110 cm³/mol. The summed E-state index contributed by atoms with van der Waals surface area (Å²) in [7, 11) is 0. The highest BCUT2D eigenvalue weighted by Crippen LogP contribution is 2.23. The first-order valence-corrected chi connectivity index (χ1v) is 9.44. The number of para-hydroxylation sites is 1. The van der Waals surface area contributed by atoms with Crippen LogP contribution in [0.4, 0.5) is 0 Å². The maximum atomic E-state index is 10.5. The Hall–Kier alpha value is -2.33. The van der Waals surface area contributed by atoms with Crippen LogP contribution < -0.4 is 4.74 Å². The first kappa shape index (κ1) is 19.4. The van der Waals surface area contributed by atoms with E-state index in [1.807, 2.05) is 48.5 Å². The van der Waals surface area contributed by atoms with Crippen LogP contribution in [-0.4, -0.2) is 29.3 Å². The molecule has 0 aliphatic rings. The lowest BCUT2D eigenvalue weighted by atomic mass is 10.1. The van der Waals surface area contributed by atoms with E-state index in [4.69, 9.17) is 16.3 Å². The van der Waals surface area contributed by atoms with Gasteiger partial charge in [0, 0.05) is 19.6 Å². The summed E-state index contributed by atoms with van der Waals surface area (Å²) in [5, 5.41) is 11.1. The van der Waals surface area contributed by atoms with E-state index in [-0.39, 0.29) is 6.61 Å². The molecule has 0 amide bonds. The van der Waals surface area contributed by atoms with E-state index >= 15 is 0 Å². The second-order valence-corrected chi connectivity index (χ2v) is 6.94. The fourth-order valence-electron chi connectivity index (χ4n) is 2.97. The minimum Gasteiger partial charge on any atom is -0.489 e. The number of ether oxygens (including phenoxy) is 1. The third-order valence-corrected chi connectivity index (χ3v) is 4.55. The van der Waals surface area contributed by atoms with Gasteiger partial charge in [-0.15, -0.1) is 0 Å². The lowest BCUT2D eigenvalue weighted by molar-refractivity contribution is 0.0629. The molecule has 4 heteroatoms. The number of halogens is 1. The second-order valence-electron chi connectivity index (χ2n) is 6.54. The molecule has 0 bridgehead atoms. The quantitative estimate of drug-likeness (QED) is 0.578. The highest BCUT2D eigenvalue weighted by atomic mass is 35.5. The molecule has 3 rings (SSSR count). The van der Waals surface area contributed by atoms with Gasteiger partial charge in [-0.05, 0) is 23.3 Å². The lowest BCUT2D eigenvalue weighted by Gasteiger charge is -2.25. The van der Waals surface area contributed by atoms with Crippen LogP contribution in [0.5, 0.6) is 5.75 Å². The molecule has 3 aromatic carbocycles. The molecule has 27 heavy (non-hydrogen) atoms. The molecule has 0 fully saturated rings. The van der Waals surface area contributed by atoms with Crippen LogP contribution in [0.15, 0.2) is 84.9 Å². The van der Waals surface area contributed by atoms with Gasteiger partial charge in [-0.3, -0.25) is 4.90 Å². The minimum atomic E-state index is -0.617. The Kier molecular flexibility index (Phi) is 7.28. The van der Waals surface area contributed by atoms with Crippen LogP contribution >= 0.6 is 11.6 Å². The molecule has 1 N–H and O–H groups in total. The zero-order valence-electron chi connectivity index (χ0n) is 15.2. The first-order chi connectivity index (χ1) is 13.2. The van der Waals surface area contributed by atoms with Crippen molar-refractivity contribution in [2.24, 2.45) is 0 Å². The Morgan fingerprint density at radius 3 is 1.85 bits per heavy atom. The fraction of sp³-hybridized carbons (Fsp3) is 0.217. The Balaban J connectivity index is 1.62. The van der Waals surface area contributed by atoms with Gasteiger partial charge in [-0.1, -0.05) is 84.4 Å². The SMILES string of the molecule is OC(COc1ccccc1Cl)CN(Cc1ccccc1)Cc1ccccc1. The van der Waals surface area contributed by atoms with E-state index in [0.29, 0.717) is 17.3 Å². The fourth-order valence-corrected chi connectivity index (χ4v) is 3.16. The lowest BCUT2D eigenvalue weighted by Crippen LogP contribution is -2.35. The molecule has 0 radical (unpaired) electrons. The molecule has 0 saturated heterocycles. The molecule has 3 aromatic rings. The maximum Gasteiger partial charge on any atom is 0.138 e. The van der Waals surface area contributed by atoms with Crippen molar-refractivity contribution in [3.63, 3.8) is 0 Å². The molecule has 1 atom stereocenters. The van der Waals surface area contributed by atoms with Gasteiger partial charge in [0.05, 0.1) is 5.02 Å². The van der Waals surface area contributed by atoms with Crippen molar-refractivity contribution < 1.29 is 9.84 Å². The maximum absolute atomic E-state index is 10.5. The van der Waals surface area contributed by atoms with E-state index < -0.39 is 6.10 Å². The summed E-state index contributed by atoms with van der Waals surface area (Å²) >= 11 is 6.11. The number of benzene rings is 3. The largest absolute Gasteiger partial charge is 0.489 e. The summed E-state index contributed by atoms with van der Waals surface area (Å²) in [4.78, 5) is 2.23. The molecule has 0 spiro atoms. The van der Waals surface area contributed by atoms with Crippen LogP contribution in [-0.2, 0) is 13.1 Å². The average Bonchev–Trinajstić information content (AvgIpc) is 2.69. The number of hydrogen-bond acceptors (Lipinski definition) is 3. The number of rotatable bonds is 9. The molecule has 0 heterocycles. The summed E-state index contributed by atoms with van der Waals surface area (Å²) in [5.74, 6) is 0.593. The van der Waals surface area contributed by atoms with E-state index in [1.165, 1.54) is 11.1 Å². The van der Waals surface area contributed by atoms with Gasteiger partial charge < -0.3 is 9.84 Å². The van der Waals surface area contributed by atoms with E-state index in [0.717, 1.165) is 13.1 Å². The van der Waals surface area contributed by atoms with E-state index in [1.54, 1.807) is 12.1 Å². The van der Waals surface area contributed by atoms with Gasteiger partial charge in [0.25, 0.3) is 0 Å². The molecule has 1 unspecified atom stereocenters. The zero-order valence-corrected chi connectivity index (χ0v) is 15.9. The standard InChI is InChI=1S/C23H24ClNO2/c24-22-13-7-8-14-23(22)27-18-21(26)17-25(15-19-9-3-1-4-10-19)16-20-11-5-2-6-12-20/h1-14,21,26H,15-18H2. The summed E-state index contributed by atoms with van der Waals surface area (Å²) < 4.78 is 5.69. The summed E-state index contributed by atoms with van der Waals surface area (Å²) in [6, 6.07) is 27.9.